The Morgan fingerprint density at radius 3 is 2.87 bits per heavy atom. The second-order valence-corrected chi connectivity index (χ2v) is 7.02. The summed E-state index contributed by atoms with van der Waals surface area (Å²) < 4.78 is 3.69. The smallest absolute Gasteiger partial charge is 0.272 e. The van der Waals surface area contributed by atoms with Crippen LogP contribution in [0.2, 0.25) is 0 Å². The van der Waals surface area contributed by atoms with Crippen molar-refractivity contribution in [2.45, 2.75) is 6.54 Å². The van der Waals surface area contributed by atoms with E-state index in [1.807, 2.05) is 54.2 Å². The summed E-state index contributed by atoms with van der Waals surface area (Å²) >= 11 is 0. The van der Waals surface area contributed by atoms with Gasteiger partial charge in [-0.3, -0.25) is 9.48 Å². The number of nitrogens with one attached hydrogen (secondary N) is 1. The van der Waals surface area contributed by atoms with Gasteiger partial charge in [-0.25, -0.2) is 5.10 Å². The minimum absolute atomic E-state index is 0.208. The molecule has 0 saturated heterocycles. The Morgan fingerprint density at radius 1 is 1.20 bits per heavy atom. The molecule has 0 unspecified atom stereocenters. The first kappa shape index (κ1) is 17.8. The average Bonchev–Trinajstić information content (AvgIpc) is 3.33. The number of nitrogens with zero attached hydrogens (tertiary/aromatic N) is 5. The third kappa shape index (κ3) is 2.53. The van der Waals surface area contributed by atoms with Gasteiger partial charge in [0.2, 0.25) is 0 Å². The lowest BCUT2D eigenvalue weighted by Gasteiger charge is -2.08. The van der Waals surface area contributed by atoms with E-state index in [4.69, 9.17) is 5.73 Å². The molecule has 5 aromatic rings. The largest absolute Gasteiger partial charge is 0.325 e. The fourth-order valence-corrected chi connectivity index (χ4v) is 3.93. The van der Waals surface area contributed by atoms with Gasteiger partial charge in [-0.05, 0) is 29.8 Å². The Morgan fingerprint density at radius 2 is 2.07 bits per heavy atom. The van der Waals surface area contributed by atoms with Crippen LogP contribution in [0.3, 0.4) is 0 Å². The Labute approximate surface area is 170 Å². The van der Waals surface area contributed by atoms with Crippen molar-refractivity contribution < 1.29 is 0 Å². The van der Waals surface area contributed by atoms with Crippen LogP contribution in [-0.4, -0.2) is 24.4 Å². The van der Waals surface area contributed by atoms with Gasteiger partial charge in [-0.1, -0.05) is 12.1 Å². The molecular weight excluding hydrogens is 378 g/mol. The molecule has 0 atom stereocenters. The second-order valence-electron chi connectivity index (χ2n) is 7.02. The summed E-state index contributed by atoms with van der Waals surface area (Å²) in [5.74, 6) is 0. The summed E-state index contributed by atoms with van der Waals surface area (Å²) in [6, 6.07) is 13.6. The van der Waals surface area contributed by atoms with Gasteiger partial charge in [0.05, 0.1) is 34.1 Å². The van der Waals surface area contributed by atoms with E-state index in [-0.39, 0.29) is 12.1 Å². The van der Waals surface area contributed by atoms with Gasteiger partial charge >= 0.3 is 0 Å². The number of nitriles is 1. The van der Waals surface area contributed by atoms with Gasteiger partial charge in [0, 0.05) is 42.5 Å². The van der Waals surface area contributed by atoms with E-state index in [0.717, 1.165) is 27.9 Å². The van der Waals surface area contributed by atoms with Crippen molar-refractivity contribution >= 4 is 16.3 Å². The minimum atomic E-state index is -0.259. The predicted molar refractivity (Wildman–Crippen MR) is 114 cm³/mol. The van der Waals surface area contributed by atoms with Crippen molar-refractivity contribution in [3.05, 3.63) is 76.6 Å². The Balaban J connectivity index is 1.79. The maximum absolute atomic E-state index is 12.2. The summed E-state index contributed by atoms with van der Waals surface area (Å²) in [6.45, 7) is 0.208. The lowest BCUT2D eigenvalue weighted by Crippen LogP contribution is -2.13. The second kappa shape index (κ2) is 6.69. The third-order valence-corrected chi connectivity index (χ3v) is 5.36. The highest BCUT2D eigenvalue weighted by Crippen LogP contribution is 2.36. The van der Waals surface area contributed by atoms with Crippen molar-refractivity contribution in [3.63, 3.8) is 0 Å². The van der Waals surface area contributed by atoms with Crippen LogP contribution < -0.4 is 11.3 Å². The molecule has 0 bridgehead atoms. The normalized spacial score (nSPS) is 11.2. The van der Waals surface area contributed by atoms with E-state index in [1.165, 1.54) is 0 Å². The van der Waals surface area contributed by atoms with Crippen LogP contribution in [-0.2, 0) is 13.6 Å². The zero-order chi connectivity index (χ0) is 20.8. The van der Waals surface area contributed by atoms with Crippen LogP contribution in [0.4, 0.5) is 0 Å². The molecule has 0 aliphatic heterocycles. The predicted octanol–water partition coefficient (Wildman–Crippen LogP) is 2.57. The van der Waals surface area contributed by atoms with E-state index < -0.39 is 0 Å². The highest BCUT2D eigenvalue weighted by molar-refractivity contribution is 5.93. The number of nitrogens with two attached hydrogens (primary N) is 1. The third-order valence-electron chi connectivity index (χ3n) is 5.36. The van der Waals surface area contributed by atoms with Crippen LogP contribution in [0.25, 0.3) is 38.7 Å². The monoisotopic (exact) mass is 395 g/mol. The zero-order valence-corrected chi connectivity index (χ0v) is 16.1. The molecule has 0 radical (unpaired) electrons. The maximum Gasteiger partial charge on any atom is 0.272 e. The highest BCUT2D eigenvalue weighted by Gasteiger charge is 2.20. The lowest BCUT2D eigenvalue weighted by molar-refractivity contribution is 0.776. The van der Waals surface area contributed by atoms with E-state index in [0.29, 0.717) is 22.0 Å². The van der Waals surface area contributed by atoms with Crippen LogP contribution >= 0.6 is 0 Å². The first-order chi connectivity index (χ1) is 14.6. The fourth-order valence-electron chi connectivity index (χ4n) is 3.93. The van der Waals surface area contributed by atoms with Crippen LogP contribution in [0.1, 0.15) is 11.3 Å². The first-order valence-electron chi connectivity index (χ1n) is 9.36. The van der Waals surface area contributed by atoms with Crippen molar-refractivity contribution in [1.82, 2.24) is 24.4 Å². The van der Waals surface area contributed by atoms with Crippen molar-refractivity contribution in [2.24, 2.45) is 12.8 Å². The van der Waals surface area contributed by atoms with Crippen LogP contribution in [0.15, 0.2) is 59.8 Å². The molecule has 4 heterocycles. The van der Waals surface area contributed by atoms with Crippen molar-refractivity contribution in [2.75, 3.05) is 0 Å². The minimum Gasteiger partial charge on any atom is -0.325 e. The molecule has 0 aliphatic carbocycles. The molecule has 3 N–H and O–H groups in total. The summed E-state index contributed by atoms with van der Waals surface area (Å²) in [7, 11) is 1.85. The quantitative estimate of drug-likeness (QED) is 0.487. The molecular formula is C22H17N7O. The van der Waals surface area contributed by atoms with Gasteiger partial charge in [0.25, 0.3) is 5.56 Å². The number of hydrogen-bond acceptors (Lipinski definition) is 5. The van der Waals surface area contributed by atoms with Crippen molar-refractivity contribution in [3.8, 4) is 28.5 Å². The van der Waals surface area contributed by atoms with Gasteiger partial charge < -0.3 is 10.1 Å². The SMILES string of the molecule is Cn1ncc(-c2ccc3c(=O)[nH]nc(CN)c3c2)c1-c1cn2ccccc2c1C#N. The fraction of sp³-hybridized carbons (Fsp3) is 0.0909. The molecule has 0 spiro atoms. The van der Waals surface area contributed by atoms with E-state index in [1.54, 1.807) is 16.9 Å². The van der Waals surface area contributed by atoms with Crippen molar-refractivity contribution in [1.29, 1.82) is 5.26 Å². The van der Waals surface area contributed by atoms with E-state index in [9.17, 15) is 10.1 Å². The summed E-state index contributed by atoms with van der Waals surface area (Å²) in [4.78, 5) is 12.2. The van der Waals surface area contributed by atoms with Gasteiger partial charge in [0.1, 0.15) is 6.07 Å². The van der Waals surface area contributed by atoms with Gasteiger partial charge in [-0.15, -0.1) is 0 Å². The van der Waals surface area contributed by atoms with Crippen LogP contribution in [0, 0.1) is 11.3 Å². The number of aromatic nitrogens is 5. The molecule has 8 heteroatoms. The zero-order valence-electron chi connectivity index (χ0n) is 16.1. The first-order valence-corrected chi connectivity index (χ1v) is 9.36. The lowest BCUT2D eigenvalue weighted by atomic mass is 9.98. The van der Waals surface area contributed by atoms with Gasteiger partial charge in [0.15, 0.2) is 0 Å². The molecule has 4 aromatic heterocycles. The Bertz CT molecular complexity index is 1530. The number of benzene rings is 1. The van der Waals surface area contributed by atoms with E-state index in [2.05, 4.69) is 21.4 Å². The summed E-state index contributed by atoms with van der Waals surface area (Å²) in [5, 5.41) is 22.1. The van der Waals surface area contributed by atoms with E-state index >= 15 is 0 Å². The number of hydrogen-bond donors (Lipinski definition) is 2. The topological polar surface area (TPSA) is 118 Å². The molecule has 5 rings (SSSR count). The molecule has 146 valence electrons. The molecule has 0 amide bonds. The number of aromatic amines is 1. The maximum atomic E-state index is 12.2. The molecule has 0 saturated carbocycles. The van der Waals surface area contributed by atoms with Crippen LogP contribution in [0.5, 0.6) is 0 Å². The standard InChI is InChI=1S/C22H17N7O/c1-28-21(18-12-29-7-3-2-4-20(29)16(18)9-23)17(11-25-28)13-5-6-14-15(8-13)19(10-24)26-27-22(14)30/h2-8,11-12H,10,24H2,1H3,(H,27,30). The summed E-state index contributed by atoms with van der Waals surface area (Å²) in [5.41, 5.74) is 10.9. The number of aryl methyl sites for hydroxylation is 1. The number of H-pyrrole nitrogens is 1. The molecule has 1 aromatic carbocycles. The number of rotatable bonds is 3. The Kier molecular flexibility index (Phi) is 3.98. The average molecular weight is 395 g/mol. The molecule has 0 aliphatic rings. The number of fused-ring (bicyclic) bond motifs is 2. The highest BCUT2D eigenvalue weighted by atomic mass is 16.1. The molecule has 0 fully saturated rings. The summed E-state index contributed by atoms with van der Waals surface area (Å²) in [6.07, 6.45) is 5.62. The van der Waals surface area contributed by atoms with Gasteiger partial charge in [-0.2, -0.15) is 15.5 Å². The Hall–Kier alpha value is -4.22. The molecule has 30 heavy (non-hydrogen) atoms. The molecule has 8 nitrogen and oxygen atoms in total. The number of pyridine rings is 1.